The average molecular weight is 743 g/mol. The largest absolute Gasteiger partial charge is 0.496 e. The van der Waals surface area contributed by atoms with Gasteiger partial charge >= 0.3 is 0 Å². The third-order valence-electron chi connectivity index (χ3n) is 11.7. The number of rotatable bonds is 8. The van der Waals surface area contributed by atoms with Gasteiger partial charge in [0.25, 0.3) is 0 Å². The van der Waals surface area contributed by atoms with Crippen LogP contribution in [0.3, 0.4) is 0 Å². The summed E-state index contributed by atoms with van der Waals surface area (Å²) < 4.78 is 40.4. The van der Waals surface area contributed by atoms with Crippen LogP contribution in [0.25, 0.3) is 22.3 Å². The van der Waals surface area contributed by atoms with Gasteiger partial charge in [0.1, 0.15) is 23.4 Å². The first-order valence-electron chi connectivity index (χ1n) is 18.9. The number of aromatic nitrogens is 2. The molecule has 1 N–H and O–H groups in total. The van der Waals surface area contributed by atoms with Crippen molar-refractivity contribution >= 4 is 38.5 Å². The van der Waals surface area contributed by atoms with Crippen LogP contribution in [-0.2, 0) is 24.4 Å². The van der Waals surface area contributed by atoms with E-state index in [0.29, 0.717) is 60.6 Å². The molecule has 7 rings (SSSR count). The number of sulfonamides is 1. The molecule has 11 nitrogen and oxygen atoms in total. The highest BCUT2D eigenvalue weighted by Crippen LogP contribution is 2.58. The molecule has 1 aromatic carbocycles. The summed E-state index contributed by atoms with van der Waals surface area (Å²) in [5.41, 5.74) is 2.69. The van der Waals surface area contributed by atoms with Crippen molar-refractivity contribution in [3.05, 3.63) is 59.8 Å². The lowest BCUT2D eigenvalue weighted by atomic mass is 9.84. The van der Waals surface area contributed by atoms with Crippen LogP contribution < -0.4 is 14.2 Å². The van der Waals surface area contributed by atoms with E-state index in [-0.39, 0.29) is 36.4 Å². The fourth-order valence-electron chi connectivity index (χ4n) is 8.17. The third-order valence-corrected chi connectivity index (χ3v) is 13.5. The normalized spacial score (nSPS) is 27.2. The van der Waals surface area contributed by atoms with Crippen LogP contribution in [-0.4, -0.2) is 72.9 Å². The Labute approximate surface area is 312 Å². The van der Waals surface area contributed by atoms with Gasteiger partial charge in [-0.1, -0.05) is 32.1 Å². The van der Waals surface area contributed by atoms with Gasteiger partial charge in [-0.05, 0) is 94.4 Å². The molecule has 53 heavy (non-hydrogen) atoms. The van der Waals surface area contributed by atoms with E-state index >= 15 is 0 Å². The zero-order valence-corrected chi connectivity index (χ0v) is 32.1. The molecule has 1 aliphatic heterocycles. The molecule has 0 saturated heterocycles. The average Bonchev–Trinajstić information content (AvgIpc) is 4.06. The maximum atomic E-state index is 14.4. The van der Waals surface area contributed by atoms with E-state index in [1.807, 2.05) is 55.5 Å². The van der Waals surface area contributed by atoms with E-state index in [2.05, 4.69) is 18.6 Å². The summed E-state index contributed by atoms with van der Waals surface area (Å²) in [6.07, 6.45) is 7.90. The van der Waals surface area contributed by atoms with Crippen LogP contribution in [0.15, 0.2) is 48.6 Å². The number of nitrogens with zero attached hydrogens (tertiary/aromatic N) is 3. The zero-order chi connectivity index (χ0) is 37.7. The predicted octanol–water partition coefficient (Wildman–Crippen LogP) is 6.28. The Hall–Kier alpha value is -4.32. The maximum absolute atomic E-state index is 14.4. The number of ketones is 1. The van der Waals surface area contributed by atoms with Gasteiger partial charge < -0.3 is 14.4 Å². The molecule has 282 valence electrons. The van der Waals surface area contributed by atoms with Crippen molar-refractivity contribution in [1.29, 1.82) is 0 Å². The van der Waals surface area contributed by atoms with Gasteiger partial charge in [0.15, 0.2) is 0 Å². The monoisotopic (exact) mass is 742 g/mol. The van der Waals surface area contributed by atoms with Gasteiger partial charge in [-0.15, -0.1) is 0 Å². The Balaban J connectivity index is 1.22. The van der Waals surface area contributed by atoms with Crippen LogP contribution in [0.1, 0.15) is 88.8 Å². The van der Waals surface area contributed by atoms with E-state index in [1.54, 1.807) is 19.1 Å². The molecule has 3 aliphatic carbocycles. The van der Waals surface area contributed by atoms with E-state index in [0.717, 1.165) is 35.9 Å². The minimum Gasteiger partial charge on any atom is -0.496 e. The van der Waals surface area contributed by atoms with Gasteiger partial charge in [0.2, 0.25) is 21.8 Å². The highest BCUT2D eigenvalue weighted by Gasteiger charge is 2.61. The first-order valence-corrected chi connectivity index (χ1v) is 20.5. The number of ether oxygens (including phenoxy) is 2. The van der Waals surface area contributed by atoms with Crippen molar-refractivity contribution in [2.45, 2.75) is 95.8 Å². The molecule has 3 heterocycles. The number of Topliss-reactive ketones (excluding diaryl/α,β-unsaturated/α-hetero) is 1. The first-order chi connectivity index (χ1) is 25.3. The summed E-state index contributed by atoms with van der Waals surface area (Å²) in [5.74, 6) is -0.997. The zero-order valence-electron chi connectivity index (χ0n) is 31.3. The number of hydrogen-bond acceptors (Lipinski definition) is 9. The van der Waals surface area contributed by atoms with Crippen LogP contribution in [0.2, 0.25) is 0 Å². The smallest absolute Gasteiger partial charge is 0.240 e. The topological polar surface area (TPSA) is 145 Å². The lowest BCUT2D eigenvalue weighted by Gasteiger charge is -2.26. The van der Waals surface area contributed by atoms with Crippen molar-refractivity contribution in [2.24, 2.45) is 23.2 Å². The van der Waals surface area contributed by atoms with Gasteiger partial charge in [-0.25, -0.2) is 13.4 Å². The second-order valence-electron chi connectivity index (χ2n) is 15.8. The Morgan fingerprint density at radius 3 is 2.53 bits per heavy atom. The summed E-state index contributed by atoms with van der Waals surface area (Å²) >= 11 is 0. The third kappa shape index (κ3) is 7.43. The summed E-state index contributed by atoms with van der Waals surface area (Å²) in [4.78, 5) is 53.9. The number of fused-ring (bicyclic) bond motifs is 3. The molecule has 0 bridgehead atoms. The number of allylic oxidation sites excluding steroid dienone is 2. The number of hydrogen-bond donors (Lipinski definition) is 1. The summed E-state index contributed by atoms with van der Waals surface area (Å²) in [7, 11) is -0.386. The summed E-state index contributed by atoms with van der Waals surface area (Å²) in [6, 6.07) is 11.6. The highest BCUT2D eigenvalue weighted by molar-refractivity contribution is 7.90. The van der Waals surface area contributed by atoms with Crippen molar-refractivity contribution in [3.63, 3.8) is 0 Å². The minimum absolute atomic E-state index is 0.111. The molecule has 5 atom stereocenters. The predicted molar refractivity (Wildman–Crippen MR) is 202 cm³/mol. The summed E-state index contributed by atoms with van der Waals surface area (Å²) in [6.45, 7) is 6.71. The van der Waals surface area contributed by atoms with Crippen LogP contribution in [0, 0.1) is 30.1 Å². The SMILES string of the molecule is COc1ccc2c(O[C@H]3CC4C(=O)N(C)CCCC/C=C\[C@H]5C[C@@]5(C(=O)NS(=O)(=O)C5CC5)CC(=O)[C@@H]4C3)cc(-c3cccc(C(C)C)n3)nc2c1C. The van der Waals surface area contributed by atoms with E-state index in [9.17, 15) is 22.8 Å². The Kier molecular flexibility index (Phi) is 10.1. The number of nitrogens with one attached hydrogen (secondary N) is 1. The number of pyridine rings is 2. The molecular weight excluding hydrogens is 693 g/mol. The first kappa shape index (κ1) is 37.0. The number of carbonyl (C=O) groups excluding carboxylic acids is 3. The Morgan fingerprint density at radius 2 is 1.79 bits per heavy atom. The lowest BCUT2D eigenvalue weighted by Crippen LogP contribution is -2.42. The molecule has 1 unspecified atom stereocenters. The Bertz CT molecular complexity index is 2080. The van der Waals surface area contributed by atoms with E-state index in [1.165, 1.54) is 0 Å². The fraction of sp³-hybridized carbons (Fsp3) is 0.537. The van der Waals surface area contributed by atoms with Crippen LogP contribution in [0.5, 0.6) is 11.5 Å². The molecular formula is C41H50N4O7S. The molecule has 3 saturated carbocycles. The standard InChI is InChI=1S/C41H50N4O7S/c1-24(2)32-12-10-13-33(42-32)34-21-37(29-16-17-36(51-5)25(3)38(29)43-34)52-27-19-30-31(20-27)39(47)45(4)18-9-7-6-8-11-26-22-41(26,23-35(30)46)40(48)44-53(49,50)28-14-15-28/h8,10-13,16-17,21,24,26-28,30-31H,6-7,9,14-15,18-20,22-23H2,1-5H3,(H,44,48)/b11-8-/t26-,27+,30+,31?,41+/m0/s1. The number of aryl methyl sites for hydroxylation is 1. The maximum Gasteiger partial charge on any atom is 0.240 e. The fourth-order valence-corrected chi connectivity index (χ4v) is 9.56. The van der Waals surface area contributed by atoms with Crippen molar-refractivity contribution < 1.29 is 32.3 Å². The molecule has 2 amide bonds. The van der Waals surface area contributed by atoms with Gasteiger partial charge in [0, 0.05) is 48.6 Å². The molecule has 2 aromatic heterocycles. The van der Waals surface area contributed by atoms with Crippen molar-refractivity contribution in [3.8, 4) is 22.9 Å². The van der Waals surface area contributed by atoms with Crippen LogP contribution >= 0.6 is 0 Å². The number of carbonyl (C=O) groups is 3. The van der Waals surface area contributed by atoms with Crippen molar-refractivity contribution in [2.75, 3.05) is 20.7 Å². The molecule has 3 aromatic rings. The quantitative estimate of drug-likeness (QED) is 0.264. The molecule has 3 fully saturated rings. The van der Waals surface area contributed by atoms with Gasteiger partial charge in [-0.2, -0.15) is 0 Å². The van der Waals surface area contributed by atoms with Crippen molar-refractivity contribution in [1.82, 2.24) is 19.6 Å². The molecule has 0 radical (unpaired) electrons. The number of amides is 2. The van der Waals surface area contributed by atoms with E-state index in [4.69, 9.17) is 19.4 Å². The second-order valence-corrected chi connectivity index (χ2v) is 17.8. The molecule has 0 spiro atoms. The highest BCUT2D eigenvalue weighted by atomic mass is 32.2. The molecule has 12 heteroatoms. The number of methoxy groups -OCH3 is 1. The van der Waals surface area contributed by atoms with Gasteiger partial charge in [0.05, 0.1) is 40.6 Å². The van der Waals surface area contributed by atoms with Gasteiger partial charge in [-0.3, -0.25) is 24.1 Å². The summed E-state index contributed by atoms with van der Waals surface area (Å²) in [5, 5.41) is 0.222. The van der Waals surface area contributed by atoms with Crippen LogP contribution in [0.4, 0.5) is 0 Å². The minimum atomic E-state index is -3.79. The van der Waals surface area contributed by atoms with E-state index < -0.39 is 44.5 Å². The Morgan fingerprint density at radius 1 is 1.02 bits per heavy atom. The second kappa shape index (κ2) is 14.5. The number of benzene rings is 1. The molecule has 4 aliphatic rings. The lowest BCUT2D eigenvalue weighted by molar-refractivity contribution is -0.140.